The molecule has 0 aliphatic rings. The maximum absolute atomic E-state index is 12.6. The van der Waals surface area contributed by atoms with E-state index in [9.17, 15) is 9.59 Å². The van der Waals surface area contributed by atoms with Crippen molar-refractivity contribution in [3.8, 4) is 5.75 Å². The lowest BCUT2D eigenvalue weighted by atomic mass is 9.85. The van der Waals surface area contributed by atoms with Crippen molar-refractivity contribution in [3.05, 3.63) is 45.9 Å². The van der Waals surface area contributed by atoms with Crippen molar-refractivity contribution in [2.75, 3.05) is 0 Å². The molecule has 1 aromatic heterocycles. The Bertz CT molecular complexity index is 787. The number of aromatic nitrogens is 1. The van der Waals surface area contributed by atoms with Crippen LogP contribution < -0.4 is 10.1 Å². The van der Waals surface area contributed by atoms with Gasteiger partial charge in [0.2, 0.25) is 0 Å². The zero-order valence-electron chi connectivity index (χ0n) is 15.4. The van der Waals surface area contributed by atoms with Gasteiger partial charge in [-0.1, -0.05) is 19.9 Å². The third-order valence-corrected chi connectivity index (χ3v) is 5.16. The van der Waals surface area contributed by atoms with Crippen LogP contribution in [0.2, 0.25) is 0 Å². The molecule has 140 valence electrons. The summed E-state index contributed by atoms with van der Waals surface area (Å²) >= 11 is 1.56. The molecule has 0 bridgehead atoms. The van der Waals surface area contributed by atoms with E-state index in [-0.39, 0.29) is 18.2 Å². The summed E-state index contributed by atoms with van der Waals surface area (Å²) in [7, 11) is 0. The second-order valence-electron chi connectivity index (χ2n) is 6.77. The van der Waals surface area contributed by atoms with Crippen molar-refractivity contribution in [2.45, 2.75) is 46.3 Å². The highest BCUT2D eigenvalue weighted by molar-refractivity contribution is 7.09. The molecular formula is C19H24N2O4S. The number of rotatable bonds is 8. The van der Waals surface area contributed by atoms with Crippen LogP contribution in [0.25, 0.3) is 0 Å². The molecule has 2 N–H and O–H groups in total. The Morgan fingerprint density at radius 1 is 1.38 bits per heavy atom. The number of amides is 1. The maximum atomic E-state index is 12.6. The molecule has 1 heterocycles. The summed E-state index contributed by atoms with van der Waals surface area (Å²) < 4.78 is 5.71. The van der Waals surface area contributed by atoms with E-state index in [0.717, 1.165) is 10.7 Å². The fourth-order valence-electron chi connectivity index (χ4n) is 2.40. The van der Waals surface area contributed by atoms with Gasteiger partial charge in [0.15, 0.2) is 0 Å². The molecule has 0 spiro atoms. The monoisotopic (exact) mass is 376 g/mol. The van der Waals surface area contributed by atoms with Crippen LogP contribution in [0.15, 0.2) is 29.6 Å². The number of carbonyl (C=O) groups is 2. The first-order valence-corrected chi connectivity index (χ1v) is 9.26. The molecule has 1 aromatic carbocycles. The van der Waals surface area contributed by atoms with Crippen molar-refractivity contribution in [3.63, 3.8) is 0 Å². The largest absolute Gasteiger partial charge is 0.487 e. The first-order valence-electron chi connectivity index (χ1n) is 8.38. The molecule has 6 nitrogen and oxygen atoms in total. The number of hydrogen-bond donors (Lipinski definition) is 2. The van der Waals surface area contributed by atoms with Gasteiger partial charge < -0.3 is 15.2 Å². The minimum atomic E-state index is -0.947. The van der Waals surface area contributed by atoms with Crippen LogP contribution in [-0.4, -0.2) is 27.5 Å². The predicted molar refractivity (Wildman–Crippen MR) is 101 cm³/mol. The van der Waals surface area contributed by atoms with E-state index < -0.39 is 11.5 Å². The Hall–Kier alpha value is -2.41. The minimum absolute atomic E-state index is 0.0325. The van der Waals surface area contributed by atoms with Crippen LogP contribution in [-0.2, 0) is 11.4 Å². The zero-order chi connectivity index (χ0) is 19.3. The Balaban J connectivity index is 2.07. The van der Waals surface area contributed by atoms with Gasteiger partial charge in [-0.05, 0) is 38.0 Å². The average molecular weight is 376 g/mol. The lowest BCUT2D eigenvalue weighted by Crippen LogP contribution is -2.51. The highest BCUT2D eigenvalue weighted by Crippen LogP contribution is 2.23. The first kappa shape index (κ1) is 19.9. The Kier molecular flexibility index (Phi) is 6.37. The van der Waals surface area contributed by atoms with E-state index in [0.29, 0.717) is 17.9 Å². The van der Waals surface area contributed by atoms with Crippen LogP contribution in [0, 0.1) is 12.8 Å². The number of aryl methyl sites for hydroxylation is 1. The number of hydrogen-bond acceptors (Lipinski definition) is 5. The second-order valence-corrected chi connectivity index (χ2v) is 7.83. The van der Waals surface area contributed by atoms with Crippen LogP contribution in [0.3, 0.4) is 0 Å². The molecule has 2 aromatic rings. The second kappa shape index (κ2) is 8.31. The van der Waals surface area contributed by atoms with Gasteiger partial charge in [-0.3, -0.25) is 9.59 Å². The van der Waals surface area contributed by atoms with Crippen molar-refractivity contribution in [2.24, 2.45) is 5.92 Å². The van der Waals surface area contributed by atoms with Gasteiger partial charge in [-0.15, -0.1) is 11.3 Å². The van der Waals surface area contributed by atoms with Crippen LogP contribution >= 0.6 is 11.3 Å². The van der Waals surface area contributed by atoms with Crippen molar-refractivity contribution < 1.29 is 19.4 Å². The molecule has 1 atom stereocenters. The van der Waals surface area contributed by atoms with Gasteiger partial charge in [0.25, 0.3) is 5.91 Å². The van der Waals surface area contributed by atoms with E-state index in [1.807, 2.05) is 26.2 Å². The van der Waals surface area contributed by atoms with E-state index in [4.69, 9.17) is 9.84 Å². The van der Waals surface area contributed by atoms with E-state index in [1.54, 1.807) is 42.5 Å². The quantitative estimate of drug-likeness (QED) is 0.734. The summed E-state index contributed by atoms with van der Waals surface area (Å²) in [6, 6.07) is 6.84. The predicted octanol–water partition coefficient (Wildman–Crippen LogP) is 3.65. The van der Waals surface area contributed by atoms with E-state index >= 15 is 0 Å². The molecule has 0 aliphatic carbocycles. The Labute approximate surface area is 157 Å². The topological polar surface area (TPSA) is 88.5 Å². The SMILES string of the molecule is Cc1nc(COc2cccc(C(=O)NC(C)(CC(=O)O)C(C)C)c2)cs1. The third kappa shape index (κ3) is 5.29. The number of nitrogens with one attached hydrogen (secondary N) is 1. The van der Waals surface area contributed by atoms with Crippen LogP contribution in [0.4, 0.5) is 0 Å². The smallest absolute Gasteiger partial charge is 0.305 e. The number of benzene rings is 1. The number of nitrogens with zero attached hydrogens (tertiary/aromatic N) is 1. The van der Waals surface area contributed by atoms with E-state index in [1.165, 1.54) is 0 Å². The molecule has 0 fully saturated rings. The maximum Gasteiger partial charge on any atom is 0.305 e. The molecule has 0 radical (unpaired) electrons. The lowest BCUT2D eigenvalue weighted by Gasteiger charge is -2.33. The lowest BCUT2D eigenvalue weighted by molar-refractivity contribution is -0.138. The first-order chi connectivity index (χ1) is 12.2. The highest BCUT2D eigenvalue weighted by Gasteiger charge is 2.33. The highest BCUT2D eigenvalue weighted by atomic mass is 32.1. The van der Waals surface area contributed by atoms with Gasteiger partial charge in [0, 0.05) is 10.9 Å². The molecule has 1 amide bonds. The van der Waals surface area contributed by atoms with Gasteiger partial charge in [-0.2, -0.15) is 0 Å². The van der Waals surface area contributed by atoms with Crippen LogP contribution in [0.1, 0.15) is 48.3 Å². The summed E-state index contributed by atoms with van der Waals surface area (Å²) in [5, 5.41) is 14.9. The molecule has 0 aliphatic heterocycles. The fraction of sp³-hybridized carbons (Fsp3) is 0.421. The summed E-state index contributed by atoms with van der Waals surface area (Å²) in [5.74, 6) is -0.739. The number of aliphatic carboxylic acids is 1. The van der Waals surface area contributed by atoms with Gasteiger partial charge in [0.1, 0.15) is 12.4 Å². The molecule has 1 unspecified atom stereocenters. The van der Waals surface area contributed by atoms with Crippen LogP contribution in [0.5, 0.6) is 5.75 Å². The molecule has 2 rings (SSSR count). The third-order valence-electron chi connectivity index (χ3n) is 4.34. The van der Waals surface area contributed by atoms with Crippen molar-refractivity contribution in [1.29, 1.82) is 0 Å². The average Bonchev–Trinajstić information content (AvgIpc) is 2.97. The van der Waals surface area contributed by atoms with E-state index in [2.05, 4.69) is 10.3 Å². The Morgan fingerprint density at radius 2 is 2.12 bits per heavy atom. The minimum Gasteiger partial charge on any atom is -0.487 e. The Morgan fingerprint density at radius 3 is 2.69 bits per heavy atom. The van der Waals surface area contributed by atoms with Crippen molar-refractivity contribution in [1.82, 2.24) is 10.3 Å². The normalized spacial score (nSPS) is 13.3. The summed E-state index contributed by atoms with van der Waals surface area (Å²) in [6.45, 7) is 7.78. The number of ether oxygens (including phenoxy) is 1. The molecular weight excluding hydrogens is 352 g/mol. The molecule has 0 saturated heterocycles. The van der Waals surface area contributed by atoms with Crippen molar-refractivity contribution >= 4 is 23.2 Å². The number of carboxylic acid groups (broad SMARTS) is 1. The van der Waals surface area contributed by atoms with Gasteiger partial charge in [0.05, 0.1) is 22.7 Å². The summed E-state index contributed by atoms with van der Waals surface area (Å²) in [5.41, 5.74) is 0.433. The molecule has 26 heavy (non-hydrogen) atoms. The number of carboxylic acids is 1. The fourth-order valence-corrected chi connectivity index (χ4v) is 2.99. The summed E-state index contributed by atoms with van der Waals surface area (Å²) in [6.07, 6.45) is -0.143. The van der Waals surface area contributed by atoms with Gasteiger partial charge >= 0.3 is 5.97 Å². The summed E-state index contributed by atoms with van der Waals surface area (Å²) in [4.78, 5) is 28.1. The molecule has 7 heteroatoms. The standard InChI is InChI=1S/C19H24N2O4S/c1-12(2)19(4,9-17(22)23)21-18(24)14-6-5-7-16(8-14)25-10-15-11-26-13(3)20-15/h5-8,11-12H,9-10H2,1-4H3,(H,21,24)(H,22,23). The molecule has 0 saturated carbocycles. The van der Waals surface area contributed by atoms with Gasteiger partial charge in [-0.25, -0.2) is 4.98 Å². The zero-order valence-corrected chi connectivity index (χ0v) is 16.2. The number of thiazole rings is 1. The number of carbonyl (C=O) groups excluding carboxylic acids is 1.